The minimum atomic E-state index is -0.485. The van der Waals surface area contributed by atoms with Crippen LogP contribution in [-0.2, 0) is 11.3 Å². The molecule has 4 rings (SSSR count). The van der Waals surface area contributed by atoms with Crippen LogP contribution in [0.5, 0.6) is 0 Å². The Balaban J connectivity index is 1.49. The highest BCUT2D eigenvalue weighted by atomic mass is 32.1. The molecule has 0 unspecified atom stereocenters. The van der Waals surface area contributed by atoms with E-state index in [-0.39, 0.29) is 12.5 Å². The summed E-state index contributed by atoms with van der Waals surface area (Å²) in [6.07, 6.45) is -0.485. The van der Waals surface area contributed by atoms with Crippen LogP contribution in [-0.4, -0.2) is 12.7 Å². The molecule has 142 valence electrons. The Hall–Kier alpha value is -2.76. The van der Waals surface area contributed by atoms with Gasteiger partial charge in [-0.25, -0.2) is 4.79 Å². The Bertz CT molecular complexity index is 1000. The molecular formula is C23H22N2O2S. The topological polar surface area (TPSA) is 64.3 Å². The van der Waals surface area contributed by atoms with Crippen LogP contribution in [0.15, 0.2) is 65.6 Å². The van der Waals surface area contributed by atoms with E-state index >= 15 is 0 Å². The predicted octanol–water partition coefficient (Wildman–Crippen LogP) is 5.10. The number of benzene rings is 3. The molecule has 1 aliphatic rings. The van der Waals surface area contributed by atoms with Crippen molar-refractivity contribution in [3.8, 4) is 11.1 Å². The number of thiol groups is 1. The summed E-state index contributed by atoms with van der Waals surface area (Å²) in [5, 5.41) is 2.79. The molecule has 5 heteroatoms. The zero-order valence-electron chi connectivity index (χ0n) is 15.6. The highest BCUT2D eigenvalue weighted by Crippen LogP contribution is 2.44. The number of hydrogen-bond donors (Lipinski definition) is 3. The molecule has 0 atom stereocenters. The van der Waals surface area contributed by atoms with Gasteiger partial charge in [0.2, 0.25) is 0 Å². The molecule has 28 heavy (non-hydrogen) atoms. The van der Waals surface area contributed by atoms with Crippen LogP contribution in [0.3, 0.4) is 0 Å². The van der Waals surface area contributed by atoms with Crippen molar-refractivity contribution in [2.45, 2.75) is 24.3 Å². The first-order valence-corrected chi connectivity index (χ1v) is 9.67. The molecule has 3 N–H and O–H groups in total. The standard InChI is InChI=1S/C23H22N2O2S/c1-14-15(12-24)10-16(11-22(14)28)25-23(26)27-13-21-19-8-4-2-6-17(19)18-7-3-5-9-20(18)21/h2-11,21,28H,12-13,24H2,1H3,(H,25,26). The van der Waals surface area contributed by atoms with Crippen molar-refractivity contribution < 1.29 is 9.53 Å². The first-order chi connectivity index (χ1) is 13.6. The lowest BCUT2D eigenvalue weighted by molar-refractivity contribution is 0.158. The summed E-state index contributed by atoms with van der Waals surface area (Å²) in [5.41, 5.74) is 13.2. The highest BCUT2D eigenvalue weighted by Gasteiger charge is 2.29. The molecule has 0 saturated carbocycles. The van der Waals surface area contributed by atoms with E-state index in [1.54, 1.807) is 6.07 Å². The van der Waals surface area contributed by atoms with Crippen molar-refractivity contribution >= 4 is 24.4 Å². The van der Waals surface area contributed by atoms with Gasteiger partial charge in [-0.15, -0.1) is 12.6 Å². The van der Waals surface area contributed by atoms with Crippen molar-refractivity contribution in [2.75, 3.05) is 11.9 Å². The summed E-state index contributed by atoms with van der Waals surface area (Å²) in [4.78, 5) is 13.2. The van der Waals surface area contributed by atoms with Gasteiger partial charge < -0.3 is 10.5 Å². The minimum absolute atomic E-state index is 0.0382. The van der Waals surface area contributed by atoms with Crippen LogP contribution in [0, 0.1) is 6.92 Å². The molecule has 4 nitrogen and oxygen atoms in total. The van der Waals surface area contributed by atoms with Crippen LogP contribution in [0.4, 0.5) is 10.5 Å². The van der Waals surface area contributed by atoms with Gasteiger partial charge in [0.15, 0.2) is 0 Å². The summed E-state index contributed by atoms with van der Waals surface area (Å²) < 4.78 is 5.58. The number of anilines is 1. The van der Waals surface area contributed by atoms with Gasteiger partial charge in [0, 0.05) is 23.0 Å². The first kappa shape index (κ1) is 18.6. The molecular weight excluding hydrogens is 368 g/mol. The molecule has 0 bridgehead atoms. The minimum Gasteiger partial charge on any atom is -0.448 e. The largest absolute Gasteiger partial charge is 0.448 e. The number of carbonyl (C=O) groups is 1. The Morgan fingerprint density at radius 2 is 1.68 bits per heavy atom. The van der Waals surface area contributed by atoms with E-state index < -0.39 is 6.09 Å². The molecule has 0 radical (unpaired) electrons. The Kier molecular flexibility index (Phi) is 5.11. The van der Waals surface area contributed by atoms with Gasteiger partial charge in [-0.2, -0.15) is 0 Å². The fourth-order valence-electron chi connectivity index (χ4n) is 3.79. The second-order valence-electron chi connectivity index (χ2n) is 6.93. The average Bonchev–Trinajstić information content (AvgIpc) is 3.03. The van der Waals surface area contributed by atoms with Crippen LogP contribution in [0.1, 0.15) is 28.2 Å². The number of amides is 1. The third kappa shape index (κ3) is 3.39. The predicted molar refractivity (Wildman–Crippen MR) is 115 cm³/mol. The third-order valence-electron chi connectivity index (χ3n) is 5.30. The molecule has 1 amide bonds. The Labute approximate surface area is 170 Å². The lowest BCUT2D eigenvalue weighted by Crippen LogP contribution is -2.18. The van der Waals surface area contributed by atoms with E-state index in [1.807, 2.05) is 37.3 Å². The molecule has 0 spiro atoms. The van der Waals surface area contributed by atoms with Gasteiger partial charge in [-0.3, -0.25) is 5.32 Å². The van der Waals surface area contributed by atoms with Gasteiger partial charge in [0.1, 0.15) is 6.61 Å². The van der Waals surface area contributed by atoms with Crippen LogP contribution < -0.4 is 11.1 Å². The van der Waals surface area contributed by atoms with Gasteiger partial charge in [-0.05, 0) is 52.4 Å². The zero-order chi connectivity index (χ0) is 19.7. The fraction of sp³-hybridized carbons (Fsp3) is 0.174. The normalized spacial score (nSPS) is 12.4. The maximum Gasteiger partial charge on any atom is 0.411 e. The molecule has 0 aliphatic heterocycles. The summed E-state index contributed by atoms with van der Waals surface area (Å²) in [6, 6.07) is 20.2. The second-order valence-corrected chi connectivity index (χ2v) is 7.42. The Morgan fingerprint density at radius 3 is 2.29 bits per heavy atom. The summed E-state index contributed by atoms with van der Waals surface area (Å²) >= 11 is 4.45. The third-order valence-corrected chi connectivity index (χ3v) is 5.76. The van der Waals surface area contributed by atoms with Crippen molar-refractivity contribution in [1.82, 2.24) is 0 Å². The van der Waals surface area contributed by atoms with E-state index in [4.69, 9.17) is 10.5 Å². The van der Waals surface area contributed by atoms with Gasteiger partial charge in [0.05, 0.1) is 0 Å². The lowest BCUT2D eigenvalue weighted by atomic mass is 9.98. The average molecular weight is 391 g/mol. The molecule has 1 aliphatic carbocycles. The summed E-state index contributed by atoms with van der Waals surface area (Å²) in [6.45, 7) is 2.63. The van der Waals surface area contributed by atoms with Crippen molar-refractivity contribution in [3.63, 3.8) is 0 Å². The van der Waals surface area contributed by atoms with Crippen LogP contribution in [0.25, 0.3) is 11.1 Å². The lowest BCUT2D eigenvalue weighted by Gasteiger charge is -2.15. The van der Waals surface area contributed by atoms with E-state index in [2.05, 4.69) is 42.2 Å². The quantitative estimate of drug-likeness (QED) is 0.543. The molecule has 0 aromatic heterocycles. The molecule has 3 aromatic carbocycles. The van der Waals surface area contributed by atoms with Gasteiger partial charge in [0.25, 0.3) is 0 Å². The Morgan fingerprint density at radius 1 is 1.07 bits per heavy atom. The van der Waals surface area contributed by atoms with E-state index in [9.17, 15) is 4.79 Å². The van der Waals surface area contributed by atoms with E-state index in [0.717, 1.165) is 16.0 Å². The SMILES string of the molecule is Cc1c(S)cc(NC(=O)OCC2c3ccccc3-c3ccccc32)cc1CN. The number of hydrogen-bond acceptors (Lipinski definition) is 4. The summed E-state index contributed by atoms with van der Waals surface area (Å²) in [7, 11) is 0. The number of carbonyl (C=O) groups excluding carboxylic acids is 1. The number of ether oxygens (including phenoxy) is 1. The zero-order valence-corrected chi connectivity index (χ0v) is 16.5. The van der Waals surface area contributed by atoms with Crippen molar-refractivity contribution in [3.05, 3.63) is 82.9 Å². The number of rotatable bonds is 4. The molecule has 0 fully saturated rings. The van der Waals surface area contributed by atoms with Crippen LogP contribution >= 0.6 is 12.6 Å². The highest BCUT2D eigenvalue weighted by molar-refractivity contribution is 7.80. The maximum atomic E-state index is 12.4. The number of nitrogens with two attached hydrogens (primary N) is 1. The first-order valence-electron chi connectivity index (χ1n) is 9.23. The summed E-state index contributed by atoms with van der Waals surface area (Å²) in [5.74, 6) is 0.0382. The van der Waals surface area contributed by atoms with Gasteiger partial charge >= 0.3 is 6.09 Å². The monoisotopic (exact) mass is 390 g/mol. The smallest absolute Gasteiger partial charge is 0.411 e. The van der Waals surface area contributed by atoms with E-state index in [1.165, 1.54) is 22.3 Å². The van der Waals surface area contributed by atoms with Crippen molar-refractivity contribution in [2.24, 2.45) is 5.73 Å². The van der Waals surface area contributed by atoms with Crippen molar-refractivity contribution in [1.29, 1.82) is 0 Å². The number of fused-ring (bicyclic) bond motifs is 3. The van der Waals surface area contributed by atoms with E-state index in [0.29, 0.717) is 12.2 Å². The fourth-order valence-corrected chi connectivity index (χ4v) is 4.08. The molecule has 0 saturated heterocycles. The second kappa shape index (κ2) is 7.70. The van der Waals surface area contributed by atoms with Gasteiger partial charge in [-0.1, -0.05) is 48.5 Å². The van der Waals surface area contributed by atoms with Crippen LogP contribution in [0.2, 0.25) is 0 Å². The molecule has 3 aromatic rings. The maximum absolute atomic E-state index is 12.4. The molecule has 0 heterocycles. The number of nitrogens with one attached hydrogen (secondary N) is 1.